The third kappa shape index (κ3) is 3.85. The van der Waals surface area contributed by atoms with Gasteiger partial charge in [-0.2, -0.15) is 0 Å². The molecule has 0 radical (unpaired) electrons. The molecule has 0 aliphatic heterocycles. The summed E-state index contributed by atoms with van der Waals surface area (Å²) in [5.41, 5.74) is 1.53. The van der Waals surface area contributed by atoms with E-state index in [9.17, 15) is 9.59 Å². The van der Waals surface area contributed by atoms with Crippen LogP contribution >= 0.6 is 15.9 Å². The number of benzene rings is 1. The number of aromatic carboxylic acids is 1. The molecule has 0 bridgehead atoms. The van der Waals surface area contributed by atoms with Gasteiger partial charge in [0.05, 0.1) is 30.3 Å². The van der Waals surface area contributed by atoms with Gasteiger partial charge in [0.25, 0.3) is 0 Å². The summed E-state index contributed by atoms with van der Waals surface area (Å²) in [5, 5.41) is 11.6. The fraction of sp³-hybridized carbons (Fsp3) is 0.143. The van der Waals surface area contributed by atoms with E-state index >= 15 is 0 Å². The molecule has 6 nitrogen and oxygen atoms in total. The molecule has 1 aromatic heterocycles. The van der Waals surface area contributed by atoms with Crippen LogP contribution < -0.4 is 5.32 Å². The molecule has 0 atom stereocenters. The third-order valence-corrected chi connectivity index (χ3v) is 3.46. The first-order valence-corrected chi connectivity index (χ1v) is 6.82. The SMILES string of the molecule is CN(Cc1ccoc1)C(=O)Nc1ccc(C(=O)O)cc1Br. The zero-order valence-electron chi connectivity index (χ0n) is 11.2. The van der Waals surface area contributed by atoms with E-state index in [-0.39, 0.29) is 11.6 Å². The maximum atomic E-state index is 12.1. The molecule has 0 aliphatic carbocycles. The summed E-state index contributed by atoms with van der Waals surface area (Å²) in [6.07, 6.45) is 3.11. The fourth-order valence-corrected chi connectivity index (χ4v) is 2.17. The Morgan fingerprint density at radius 1 is 1.38 bits per heavy atom. The second kappa shape index (κ2) is 6.45. The van der Waals surface area contributed by atoms with Crippen molar-refractivity contribution in [1.82, 2.24) is 4.90 Å². The molecule has 0 saturated carbocycles. The van der Waals surface area contributed by atoms with Crippen LogP contribution in [0.2, 0.25) is 0 Å². The van der Waals surface area contributed by atoms with Gasteiger partial charge in [0.2, 0.25) is 0 Å². The van der Waals surface area contributed by atoms with Crippen molar-refractivity contribution in [3.05, 3.63) is 52.4 Å². The highest BCUT2D eigenvalue weighted by Crippen LogP contribution is 2.24. The Morgan fingerprint density at radius 2 is 2.14 bits per heavy atom. The van der Waals surface area contributed by atoms with E-state index in [1.54, 1.807) is 25.6 Å². The van der Waals surface area contributed by atoms with Gasteiger partial charge >= 0.3 is 12.0 Å². The minimum Gasteiger partial charge on any atom is -0.478 e. The molecule has 2 N–H and O–H groups in total. The predicted molar refractivity (Wildman–Crippen MR) is 80.3 cm³/mol. The zero-order chi connectivity index (χ0) is 15.4. The molecule has 21 heavy (non-hydrogen) atoms. The van der Waals surface area contributed by atoms with Gasteiger partial charge in [-0.1, -0.05) is 0 Å². The Bertz CT molecular complexity index is 655. The number of carbonyl (C=O) groups is 2. The van der Waals surface area contributed by atoms with Gasteiger partial charge in [-0.25, -0.2) is 9.59 Å². The molecule has 2 rings (SSSR count). The standard InChI is InChI=1S/C14H13BrN2O4/c1-17(7-9-4-5-21-8-9)14(20)16-12-3-2-10(13(18)19)6-11(12)15/h2-6,8H,7H2,1H3,(H,16,20)(H,18,19). The minimum absolute atomic E-state index is 0.145. The lowest BCUT2D eigenvalue weighted by molar-refractivity contribution is 0.0697. The number of nitrogens with one attached hydrogen (secondary N) is 1. The van der Waals surface area contributed by atoms with E-state index in [4.69, 9.17) is 9.52 Å². The summed E-state index contributed by atoms with van der Waals surface area (Å²) >= 11 is 3.24. The van der Waals surface area contributed by atoms with Crippen molar-refractivity contribution in [3.8, 4) is 0 Å². The Kier molecular flexibility index (Phi) is 4.64. The van der Waals surface area contributed by atoms with Gasteiger partial charge in [-0.15, -0.1) is 0 Å². The topological polar surface area (TPSA) is 82.8 Å². The van der Waals surface area contributed by atoms with Crippen molar-refractivity contribution < 1.29 is 19.1 Å². The quantitative estimate of drug-likeness (QED) is 0.883. The van der Waals surface area contributed by atoms with E-state index in [1.165, 1.54) is 23.1 Å². The Morgan fingerprint density at radius 3 is 2.71 bits per heavy atom. The number of carboxylic acid groups (broad SMARTS) is 1. The number of hydrogen-bond acceptors (Lipinski definition) is 3. The van der Waals surface area contributed by atoms with E-state index in [2.05, 4.69) is 21.2 Å². The molecule has 7 heteroatoms. The van der Waals surface area contributed by atoms with Crippen molar-refractivity contribution in [2.24, 2.45) is 0 Å². The average Bonchev–Trinajstić information content (AvgIpc) is 2.93. The van der Waals surface area contributed by atoms with Crippen LogP contribution in [-0.2, 0) is 6.54 Å². The van der Waals surface area contributed by atoms with Gasteiger partial charge in [-0.05, 0) is 40.2 Å². The lowest BCUT2D eigenvalue weighted by Gasteiger charge is -2.17. The molecular weight excluding hydrogens is 340 g/mol. The van der Waals surface area contributed by atoms with E-state index < -0.39 is 5.97 Å². The third-order valence-electron chi connectivity index (χ3n) is 2.80. The van der Waals surface area contributed by atoms with Crippen LogP contribution in [-0.4, -0.2) is 29.1 Å². The molecule has 1 heterocycles. The number of furan rings is 1. The first-order chi connectivity index (χ1) is 9.97. The zero-order valence-corrected chi connectivity index (χ0v) is 12.8. The number of carboxylic acids is 1. The summed E-state index contributed by atoms with van der Waals surface area (Å²) in [6.45, 7) is 0.410. The van der Waals surface area contributed by atoms with Gasteiger partial charge in [-0.3, -0.25) is 0 Å². The Balaban J connectivity index is 2.03. The molecule has 110 valence electrons. The molecule has 0 spiro atoms. The first-order valence-electron chi connectivity index (χ1n) is 6.03. The molecule has 0 aliphatic rings. The monoisotopic (exact) mass is 352 g/mol. The van der Waals surface area contributed by atoms with Crippen LogP contribution in [0.5, 0.6) is 0 Å². The lowest BCUT2D eigenvalue weighted by Crippen LogP contribution is -2.30. The second-order valence-corrected chi connectivity index (χ2v) is 5.27. The highest BCUT2D eigenvalue weighted by Gasteiger charge is 2.13. The molecular formula is C14H13BrN2O4. The average molecular weight is 353 g/mol. The smallest absolute Gasteiger partial charge is 0.335 e. The van der Waals surface area contributed by atoms with Crippen molar-refractivity contribution in [2.75, 3.05) is 12.4 Å². The summed E-state index contributed by atoms with van der Waals surface area (Å²) in [4.78, 5) is 24.4. The Labute approximate surface area is 129 Å². The largest absolute Gasteiger partial charge is 0.478 e. The molecule has 0 fully saturated rings. The maximum Gasteiger partial charge on any atom is 0.335 e. The molecule has 2 aromatic rings. The molecule has 0 unspecified atom stereocenters. The van der Waals surface area contributed by atoms with Crippen LogP contribution in [0.3, 0.4) is 0 Å². The van der Waals surface area contributed by atoms with E-state index in [1.807, 2.05) is 0 Å². The number of halogens is 1. The van der Waals surface area contributed by atoms with Crippen LogP contribution in [0, 0.1) is 0 Å². The van der Waals surface area contributed by atoms with Gasteiger partial charge < -0.3 is 19.7 Å². The van der Waals surface area contributed by atoms with Crippen molar-refractivity contribution in [3.63, 3.8) is 0 Å². The van der Waals surface area contributed by atoms with Crippen molar-refractivity contribution in [2.45, 2.75) is 6.54 Å². The highest BCUT2D eigenvalue weighted by atomic mass is 79.9. The normalized spacial score (nSPS) is 10.2. The molecule has 2 amide bonds. The first kappa shape index (κ1) is 15.1. The van der Waals surface area contributed by atoms with Crippen molar-refractivity contribution in [1.29, 1.82) is 0 Å². The number of carbonyl (C=O) groups excluding carboxylic acids is 1. The molecule has 1 aromatic carbocycles. The van der Waals surface area contributed by atoms with Crippen LogP contribution in [0.1, 0.15) is 15.9 Å². The lowest BCUT2D eigenvalue weighted by atomic mass is 10.2. The van der Waals surface area contributed by atoms with Crippen LogP contribution in [0.4, 0.5) is 10.5 Å². The van der Waals surface area contributed by atoms with Gasteiger partial charge in [0.1, 0.15) is 0 Å². The van der Waals surface area contributed by atoms with E-state index in [0.29, 0.717) is 16.7 Å². The van der Waals surface area contributed by atoms with E-state index in [0.717, 1.165) is 5.56 Å². The number of rotatable bonds is 4. The molecule has 0 saturated heterocycles. The minimum atomic E-state index is -1.02. The summed E-state index contributed by atoms with van der Waals surface area (Å²) < 4.78 is 5.45. The predicted octanol–water partition coefficient (Wildman–Crippen LogP) is 3.40. The number of nitrogens with zero attached hydrogens (tertiary/aromatic N) is 1. The summed E-state index contributed by atoms with van der Waals surface area (Å²) in [6, 6.07) is 5.88. The van der Waals surface area contributed by atoms with Gasteiger partial charge in [0, 0.05) is 17.1 Å². The highest BCUT2D eigenvalue weighted by molar-refractivity contribution is 9.10. The van der Waals surface area contributed by atoms with Crippen molar-refractivity contribution >= 4 is 33.6 Å². The number of anilines is 1. The van der Waals surface area contributed by atoms with Gasteiger partial charge in [0.15, 0.2) is 0 Å². The fourth-order valence-electron chi connectivity index (χ4n) is 1.69. The van der Waals surface area contributed by atoms with Crippen LogP contribution in [0.15, 0.2) is 45.7 Å². The van der Waals surface area contributed by atoms with Crippen LogP contribution in [0.25, 0.3) is 0 Å². The summed E-state index contributed by atoms with van der Waals surface area (Å²) in [5.74, 6) is -1.02. The Hall–Kier alpha value is -2.28. The second-order valence-electron chi connectivity index (χ2n) is 4.42. The number of urea groups is 1. The number of hydrogen-bond donors (Lipinski definition) is 2. The number of amides is 2. The summed E-state index contributed by atoms with van der Waals surface area (Å²) in [7, 11) is 1.65. The maximum absolute atomic E-state index is 12.1.